The van der Waals surface area contributed by atoms with E-state index >= 15 is 0 Å². The van der Waals surface area contributed by atoms with Crippen LogP contribution in [0.25, 0.3) is 0 Å². The molecular weight excluding hydrogens is 429 g/mol. The molecule has 0 saturated carbocycles. The number of carbonyl (C=O) groups is 1. The largest absolute Gasteiger partial charge is 0.486 e. The van der Waals surface area contributed by atoms with Crippen molar-refractivity contribution >= 4 is 63.4 Å². The molecule has 0 radical (unpaired) electrons. The van der Waals surface area contributed by atoms with E-state index in [1.54, 1.807) is 24.3 Å². The number of nitrogens with one attached hydrogen (secondary N) is 1. The highest BCUT2D eigenvalue weighted by Crippen LogP contribution is 2.31. The molecule has 2 aromatic heterocycles. The van der Waals surface area contributed by atoms with Crippen LogP contribution < -0.4 is 10.1 Å². The molecule has 0 fully saturated rings. The first kappa shape index (κ1) is 19.7. The molecule has 27 heavy (non-hydrogen) atoms. The van der Waals surface area contributed by atoms with Gasteiger partial charge in [-0.15, -0.1) is 11.3 Å². The van der Waals surface area contributed by atoms with E-state index in [1.165, 1.54) is 30.6 Å². The Bertz CT molecular complexity index is 992. The molecule has 0 aliphatic carbocycles. The number of amides is 1. The van der Waals surface area contributed by atoms with Crippen LogP contribution in [0.5, 0.6) is 11.7 Å². The van der Waals surface area contributed by atoms with Gasteiger partial charge in [0.1, 0.15) is 5.75 Å². The molecule has 0 aliphatic rings. The summed E-state index contributed by atoms with van der Waals surface area (Å²) in [5.74, 6) is 0.228. The van der Waals surface area contributed by atoms with Crippen molar-refractivity contribution in [1.82, 2.24) is 0 Å². The Morgan fingerprint density at radius 1 is 1.19 bits per heavy atom. The third-order valence-corrected chi connectivity index (χ3v) is 5.41. The molecule has 0 atom stereocenters. The number of rotatable bonds is 5. The third kappa shape index (κ3) is 4.81. The number of thiophene rings is 1. The monoisotopic (exact) mass is 441 g/mol. The Hall–Kier alpha value is -2.06. The van der Waals surface area contributed by atoms with E-state index in [9.17, 15) is 4.79 Å². The normalized spacial score (nSPS) is 10.5. The van der Waals surface area contributed by atoms with Gasteiger partial charge in [0, 0.05) is 21.0 Å². The molecule has 2 heterocycles. The second kappa shape index (κ2) is 8.31. The summed E-state index contributed by atoms with van der Waals surface area (Å²) in [5.41, 5.74) is 0.639. The van der Waals surface area contributed by atoms with Gasteiger partial charge in [0.15, 0.2) is 5.76 Å². The van der Waals surface area contributed by atoms with Gasteiger partial charge in [-0.25, -0.2) is 0 Å². The summed E-state index contributed by atoms with van der Waals surface area (Å²) in [4.78, 5) is 14.1. The van der Waals surface area contributed by atoms with E-state index in [4.69, 9.17) is 49.3 Å². The minimum Gasteiger partial charge on any atom is -0.486 e. The Balaban J connectivity index is 1.72. The first-order chi connectivity index (χ1) is 12.9. The Morgan fingerprint density at radius 3 is 2.56 bits per heavy atom. The van der Waals surface area contributed by atoms with Gasteiger partial charge in [-0.3, -0.25) is 4.79 Å². The highest BCUT2D eigenvalue weighted by molar-refractivity contribution is 7.80. The van der Waals surface area contributed by atoms with Gasteiger partial charge >= 0.3 is 0 Å². The SMILES string of the molecule is COC(=S)c1cc(NC(=O)c2ccc(Oc3cc(Cl)cc(Cl)c3)o2)c(C)s1. The second-order valence-corrected chi connectivity index (χ2v) is 7.85. The third-order valence-electron chi connectivity index (χ3n) is 3.41. The smallest absolute Gasteiger partial charge is 0.291 e. The lowest BCUT2D eigenvalue weighted by Crippen LogP contribution is -2.10. The van der Waals surface area contributed by atoms with Crippen molar-refractivity contribution in [2.45, 2.75) is 6.92 Å². The van der Waals surface area contributed by atoms with Crippen molar-refractivity contribution in [3.05, 3.63) is 62.0 Å². The fraction of sp³-hybridized carbons (Fsp3) is 0.111. The van der Waals surface area contributed by atoms with Crippen LogP contribution in [-0.4, -0.2) is 18.1 Å². The molecule has 3 aromatic rings. The molecule has 0 unspecified atom stereocenters. The predicted molar refractivity (Wildman–Crippen MR) is 111 cm³/mol. The minimum absolute atomic E-state index is 0.0968. The highest BCUT2D eigenvalue weighted by Gasteiger charge is 2.16. The average Bonchev–Trinajstić information content (AvgIpc) is 3.20. The first-order valence-corrected chi connectivity index (χ1v) is 9.57. The summed E-state index contributed by atoms with van der Waals surface area (Å²) in [6.07, 6.45) is 0. The van der Waals surface area contributed by atoms with E-state index in [2.05, 4.69) is 5.32 Å². The van der Waals surface area contributed by atoms with E-state index < -0.39 is 5.91 Å². The van der Waals surface area contributed by atoms with E-state index in [-0.39, 0.29) is 11.7 Å². The zero-order chi connectivity index (χ0) is 19.6. The van der Waals surface area contributed by atoms with Gasteiger partial charge in [0.25, 0.3) is 11.9 Å². The number of ether oxygens (including phenoxy) is 2. The van der Waals surface area contributed by atoms with Gasteiger partial charge in [0.05, 0.1) is 17.7 Å². The molecule has 3 rings (SSSR count). The van der Waals surface area contributed by atoms with Gasteiger partial charge < -0.3 is 19.2 Å². The van der Waals surface area contributed by atoms with Crippen LogP contribution in [0.4, 0.5) is 5.69 Å². The maximum Gasteiger partial charge on any atom is 0.291 e. The number of halogens is 2. The molecule has 1 N–H and O–H groups in total. The van der Waals surface area contributed by atoms with Crippen molar-refractivity contribution < 1.29 is 18.7 Å². The van der Waals surface area contributed by atoms with Gasteiger partial charge in [-0.05, 0) is 49.5 Å². The molecule has 5 nitrogen and oxygen atoms in total. The fourth-order valence-electron chi connectivity index (χ4n) is 2.19. The van der Waals surface area contributed by atoms with Gasteiger partial charge in [0.2, 0.25) is 5.05 Å². The van der Waals surface area contributed by atoms with Crippen LogP contribution in [0.1, 0.15) is 20.3 Å². The number of hydrogen-bond acceptors (Lipinski definition) is 6. The topological polar surface area (TPSA) is 60.7 Å². The summed E-state index contributed by atoms with van der Waals surface area (Å²) in [7, 11) is 1.51. The van der Waals surface area contributed by atoms with Crippen molar-refractivity contribution in [1.29, 1.82) is 0 Å². The number of carbonyl (C=O) groups excluding carboxylic acids is 1. The zero-order valence-electron chi connectivity index (χ0n) is 14.2. The van der Waals surface area contributed by atoms with E-state index in [1.807, 2.05) is 6.92 Å². The summed E-state index contributed by atoms with van der Waals surface area (Å²) in [6, 6.07) is 9.58. The van der Waals surface area contributed by atoms with Crippen molar-refractivity contribution in [3.63, 3.8) is 0 Å². The quantitative estimate of drug-likeness (QED) is 0.469. The standard InChI is InChI=1S/C18H13Cl2NO4S2/c1-9-13(8-15(27-9)18(26)23-2)21-17(22)14-3-4-16(25-14)24-12-6-10(19)5-11(20)7-12/h3-8H,1-2H3,(H,21,22). The lowest BCUT2D eigenvalue weighted by atomic mass is 10.3. The summed E-state index contributed by atoms with van der Waals surface area (Å²) in [6.45, 7) is 1.88. The van der Waals surface area contributed by atoms with Crippen LogP contribution in [0.15, 0.2) is 40.8 Å². The van der Waals surface area contributed by atoms with E-state index in [0.717, 1.165) is 9.75 Å². The maximum absolute atomic E-state index is 12.4. The maximum atomic E-state index is 12.4. The van der Waals surface area contributed by atoms with Gasteiger partial charge in [-0.2, -0.15) is 0 Å². The predicted octanol–water partition coefficient (Wildman–Crippen LogP) is 6.32. The molecule has 0 saturated heterocycles. The molecule has 9 heteroatoms. The molecule has 0 bridgehead atoms. The molecule has 0 aliphatic heterocycles. The number of methoxy groups -OCH3 is 1. The van der Waals surface area contributed by atoms with Crippen LogP contribution >= 0.6 is 46.8 Å². The van der Waals surface area contributed by atoms with Crippen molar-refractivity contribution in [3.8, 4) is 11.7 Å². The zero-order valence-corrected chi connectivity index (χ0v) is 17.3. The molecule has 1 amide bonds. The summed E-state index contributed by atoms with van der Waals surface area (Å²) >= 11 is 18.4. The fourth-order valence-corrected chi connectivity index (χ4v) is 3.78. The Kier molecular flexibility index (Phi) is 6.06. The number of hydrogen-bond donors (Lipinski definition) is 1. The molecule has 0 spiro atoms. The van der Waals surface area contributed by atoms with Crippen LogP contribution in [0.2, 0.25) is 10.0 Å². The van der Waals surface area contributed by atoms with Crippen LogP contribution in [0, 0.1) is 6.92 Å². The Labute approximate surface area is 174 Å². The van der Waals surface area contributed by atoms with E-state index in [0.29, 0.717) is 26.5 Å². The Morgan fingerprint density at radius 2 is 1.89 bits per heavy atom. The molecular formula is C18H13Cl2NO4S2. The number of thiocarbonyl (C=S) groups is 1. The van der Waals surface area contributed by atoms with Crippen LogP contribution in [0.3, 0.4) is 0 Å². The van der Waals surface area contributed by atoms with Crippen molar-refractivity contribution in [2.75, 3.05) is 12.4 Å². The van der Waals surface area contributed by atoms with Crippen LogP contribution in [-0.2, 0) is 4.74 Å². The molecule has 1 aromatic carbocycles. The second-order valence-electron chi connectivity index (χ2n) is 5.35. The first-order valence-electron chi connectivity index (χ1n) is 7.59. The molecule has 140 valence electrons. The summed E-state index contributed by atoms with van der Waals surface area (Å²) in [5, 5.41) is 4.02. The van der Waals surface area contributed by atoms with Crippen molar-refractivity contribution in [2.24, 2.45) is 0 Å². The number of furan rings is 1. The number of benzene rings is 1. The minimum atomic E-state index is -0.412. The average molecular weight is 442 g/mol. The summed E-state index contributed by atoms with van der Waals surface area (Å²) < 4.78 is 16.0. The lowest BCUT2D eigenvalue weighted by Gasteiger charge is -2.04. The highest BCUT2D eigenvalue weighted by atomic mass is 35.5. The lowest BCUT2D eigenvalue weighted by molar-refractivity contribution is 0.0991. The number of aryl methyl sites for hydroxylation is 1. The number of anilines is 1. The van der Waals surface area contributed by atoms with Gasteiger partial charge in [-0.1, -0.05) is 23.2 Å².